The third kappa shape index (κ3) is 2.25. The van der Waals surface area contributed by atoms with Gasteiger partial charge in [-0.2, -0.15) is 4.37 Å². The van der Waals surface area contributed by atoms with E-state index in [1.807, 2.05) is 0 Å². The van der Waals surface area contributed by atoms with E-state index in [0.717, 1.165) is 24.5 Å². The Labute approximate surface area is 122 Å². The van der Waals surface area contributed by atoms with Crippen molar-refractivity contribution in [3.63, 3.8) is 0 Å². The highest BCUT2D eigenvalue weighted by molar-refractivity contribution is 7.11. The average Bonchev–Trinajstić information content (AvgIpc) is 2.80. The molecule has 6 nitrogen and oxygen atoms in total. The summed E-state index contributed by atoms with van der Waals surface area (Å²) >= 11 is 1.29. The second-order valence-electron chi connectivity index (χ2n) is 5.80. The minimum absolute atomic E-state index is 0.264. The molecule has 2 fully saturated rings. The SMILES string of the molecule is CN1CCCC2CN(c3snc(N)c3C(N)=O)CCC21. The number of nitrogens with zero attached hydrogens (tertiary/aromatic N) is 3. The summed E-state index contributed by atoms with van der Waals surface area (Å²) in [5, 5.41) is 0.849. The number of hydrogen-bond donors (Lipinski definition) is 2. The number of aromatic nitrogens is 1. The summed E-state index contributed by atoms with van der Waals surface area (Å²) in [4.78, 5) is 16.3. The van der Waals surface area contributed by atoms with Crippen LogP contribution in [0.15, 0.2) is 0 Å². The van der Waals surface area contributed by atoms with E-state index in [1.54, 1.807) is 0 Å². The van der Waals surface area contributed by atoms with Gasteiger partial charge in [0.15, 0.2) is 5.82 Å². The zero-order valence-electron chi connectivity index (χ0n) is 11.7. The maximum atomic E-state index is 11.6. The fourth-order valence-electron chi connectivity index (χ4n) is 3.58. The monoisotopic (exact) mass is 295 g/mol. The van der Waals surface area contributed by atoms with Crippen LogP contribution in [0, 0.1) is 5.92 Å². The predicted molar refractivity (Wildman–Crippen MR) is 81.0 cm³/mol. The lowest BCUT2D eigenvalue weighted by Crippen LogP contribution is -2.52. The van der Waals surface area contributed by atoms with E-state index in [1.165, 1.54) is 30.9 Å². The first kappa shape index (κ1) is 13.6. The van der Waals surface area contributed by atoms with Gasteiger partial charge in [0.2, 0.25) is 0 Å². The van der Waals surface area contributed by atoms with Crippen LogP contribution in [-0.4, -0.2) is 47.9 Å². The highest BCUT2D eigenvalue weighted by atomic mass is 32.1. The summed E-state index contributed by atoms with van der Waals surface area (Å²) < 4.78 is 4.10. The van der Waals surface area contributed by atoms with E-state index in [2.05, 4.69) is 21.2 Å². The zero-order valence-corrected chi connectivity index (χ0v) is 12.5. The van der Waals surface area contributed by atoms with Gasteiger partial charge in [0.05, 0.1) is 0 Å². The number of likely N-dealkylation sites (tertiary alicyclic amines) is 1. The number of rotatable bonds is 2. The van der Waals surface area contributed by atoms with Crippen LogP contribution in [0.4, 0.5) is 10.8 Å². The molecule has 110 valence electrons. The summed E-state index contributed by atoms with van der Waals surface area (Å²) in [5.41, 5.74) is 11.6. The Morgan fingerprint density at radius 2 is 2.20 bits per heavy atom. The first-order valence-electron chi connectivity index (χ1n) is 7.08. The number of nitrogen functional groups attached to an aromatic ring is 1. The number of primary amides is 1. The zero-order chi connectivity index (χ0) is 14.3. The smallest absolute Gasteiger partial charge is 0.255 e. The molecule has 20 heavy (non-hydrogen) atoms. The molecule has 0 aliphatic carbocycles. The molecule has 1 aromatic heterocycles. The third-order valence-electron chi connectivity index (χ3n) is 4.58. The molecule has 0 radical (unpaired) electrons. The first-order valence-corrected chi connectivity index (χ1v) is 7.85. The molecule has 3 rings (SSSR count). The highest BCUT2D eigenvalue weighted by Crippen LogP contribution is 2.36. The number of anilines is 2. The highest BCUT2D eigenvalue weighted by Gasteiger charge is 2.36. The van der Waals surface area contributed by atoms with E-state index in [0.29, 0.717) is 17.5 Å². The van der Waals surface area contributed by atoms with Gasteiger partial charge in [0.1, 0.15) is 10.6 Å². The molecule has 0 bridgehead atoms. The molecule has 2 saturated heterocycles. The number of piperidine rings is 2. The molecule has 2 atom stereocenters. The largest absolute Gasteiger partial charge is 0.382 e. The Morgan fingerprint density at radius 1 is 1.40 bits per heavy atom. The molecule has 2 unspecified atom stereocenters. The van der Waals surface area contributed by atoms with Crippen molar-refractivity contribution in [3.05, 3.63) is 5.56 Å². The van der Waals surface area contributed by atoms with Gasteiger partial charge in [-0.15, -0.1) is 0 Å². The Balaban J connectivity index is 1.81. The lowest BCUT2D eigenvalue weighted by molar-refractivity contribution is 0.0993. The standard InChI is InChI=1S/C13H21N5OS/c1-17-5-2-3-8-7-18(6-4-9(8)17)13-10(12(15)19)11(14)16-20-13/h8-9H,2-7H2,1H3,(H2,14,16)(H2,15,19). The molecule has 1 amide bonds. The average molecular weight is 295 g/mol. The Kier molecular flexibility index (Phi) is 3.55. The van der Waals surface area contributed by atoms with E-state index in [9.17, 15) is 4.79 Å². The molecule has 4 N–H and O–H groups in total. The van der Waals surface area contributed by atoms with Crippen LogP contribution in [0.5, 0.6) is 0 Å². The minimum atomic E-state index is -0.478. The molecule has 2 aliphatic rings. The molecule has 1 aromatic rings. The number of amides is 1. The van der Waals surface area contributed by atoms with Crippen LogP contribution < -0.4 is 16.4 Å². The fourth-order valence-corrected chi connectivity index (χ4v) is 4.43. The number of carbonyl (C=O) groups is 1. The van der Waals surface area contributed by atoms with Gasteiger partial charge in [-0.05, 0) is 50.3 Å². The molecule has 0 aromatic carbocycles. The minimum Gasteiger partial charge on any atom is -0.382 e. The fraction of sp³-hybridized carbons (Fsp3) is 0.692. The topological polar surface area (TPSA) is 88.5 Å². The normalized spacial score (nSPS) is 27.4. The van der Waals surface area contributed by atoms with E-state index >= 15 is 0 Å². The van der Waals surface area contributed by atoms with Crippen molar-refractivity contribution in [2.75, 3.05) is 37.3 Å². The van der Waals surface area contributed by atoms with Crippen molar-refractivity contribution in [3.8, 4) is 0 Å². The van der Waals surface area contributed by atoms with Gasteiger partial charge >= 0.3 is 0 Å². The van der Waals surface area contributed by atoms with Crippen molar-refractivity contribution >= 4 is 28.3 Å². The van der Waals surface area contributed by atoms with E-state index < -0.39 is 5.91 Å². The molecular formula is C13H21N5OS. The Morgan fingerprint density at radius 3 is 2.95 bits per heavy atom. The van der Waals surface area contributed by atoms with Crippen molar-refractivity contribution in [2.45, 2.75) is 25.3 Å². The van der Waals surface area contributed by atoms with Gasteiger partial charge in [-0.3, -0.25) is 4.79 Å². The van der Waals surface area contributed by atoms with Crippen LogP contribution >= 0.6 is 11.5 Å². The lowest BCUT2D eigenvalue weighted by atomic mass is 9.84. The molecular weight excluding hydrogens is 274 g/mol. The summed E-state index contributed by atoms with van der Waals surface area (Å²) in [7, 11) is 2.21. The van der Waals surface area contributed by atoms with Crippen LogP contribution in [0.3, 0.4) is 0 Å². The molecule has 2 aliphatic heterocycles. The summed E-state index contributed by atoms with van der Waals surface area (Å²) in [6, 6.07) is 0.669. The van der Waals surface area contributed by atoms with Gasteiger partial charge in [0.25, 0.3) is 5.91 Å². The maximum Gasteiger partial charge on any atom is 0.255 e. The predicted octanol–water partition coefficient (Wildman–Crippen LogP) is 0.745. The molecule has 3 heterocycles. The quantitative estimate of drug-likeness (QED) is 0.840. The summed E-state index contributed by atoms with van der Waals surface area (Å²) in [6.45, 7) is 3.10. The third-order valence-corrected chi connectivity index (χ3v) is 5.50. The second-order valence-corrected chi connectivity index (χ2v) is 6.55. The van der Waals surface area contributed by atoms with Crippen molar-refractivity contribution in [1.29, 1.82) is 0 Å². The van der Waals surface area contributed by atoms with Gasteiger partial charge in [-0.25, -0.2) is 0 Å². The summed E-state index contributed by atoms with van der Waals surface area (Å²) in [5.74, 6) is 0.445. The number of fused-ring (bicyclic) bond motifs is 1. The van der Waals surface area contributed by atoms with E-state index in [4.69, 9.17) is 11.5 Å². The number of nitrogens with two attached hydrogens (primary N) is 2. The summed E-state index contributed by atoms with van der Waals surface area (Å²) in [6.07, 6.45) is 3.63. The Hall–Kier alpha value is -1.34. The van der Waals surface area contributed by atoms with Crippen molar-refractivity contribution in [2.24, 2.45) is 11.7 Å². The molecule has 0 spiro atoms. The lowest BCUT2D eigenvalue weighted by Gasteiger charge is -2.46. The van der Waals surface area contributed by atoms with Gasteiger partial charge in [0, 0.05) is 19.1 Å². The number of hydrogen-bond acceptors (Lipinski definition) is 6. The van der Waals surface area contributed by atoms with Crippen molar-refractivity contribution in [1.82, 2.24) is 9.27 Å². The number of carbonyl (C=O) groups excluding carboxylic acids is 1. The van der Waals surface area contributed by atoms with Gasteiger partial charge < -0.3 is 21.3 Å². The Bertz CT molecular complexity index is 517. The maximum absolute atomic E-state index is 11.6. The first-order chi connectivity index (χ1) is 9.58. The van der Waals surface area contributed by atoms with Gasteiger partial charge in [-0.1, -0.05) is 0 Å². The van der Waals surface area contributed by atoms with E-state index in [-0.39, 0.29) is 5.82 Å². The van der Waals surface area contributed by atoms with Crippen LogP contribution in [0.25, 0.3) is 0 Å². The molecule has 7 heteroatoms. The van der Waals surface area contributed by atoms with Crippen molar-refractivity contribution < 1.29 is 4.79 Å². The van der Waals surface area contributed by atoms with Crippen LogP contribution in [0.1, 0.15) is 29.6 Å². The molecule has 0 saturated carbocycles. The second kappa shape index (κ2) is 5.21. The van der Waals surface area contributed by atoms with Crippen LogP contribution in [-0.2, 0) is 0 Å². The van der Waals surface area contributed by atoms with Crippen LogP contribution in [0.2, 0.25) is 0 Å².